The molecule has 0 radical (unpaired) electrons. The second-order valence-electron chi connectivity index (χ2n) is 3.78. The first-order valence-corrected chi connectivity index (χ1v) is 7.24. The van der Waals surface area contributed by atoms with Crippen LogP contribution in [0.5, 0.6) is 0 Å². The van der Waals surface area contributed by atoms with Crippen LogP contribution < -0.4 is 0 Å². The molecule has 1 aromatic carbocycles. The van der Waals surface area contributed by atoms with Gasteiger partial charge in [-0.25, -0.2) is 9.97 Å². The zero-order valence-electron chi connectivity index (χ0n) is 10.0. The van der Waals surface area contributed by atoms with Gasteiger partial charge in [-0.3, -0.25) is 0 Å². The molecule has 20 heavy (non-hydrogen) atoms. The number of aromatic nitrogens is 2. The van der Waals surface area contributed by atoms with Crippen LogP contribution in [0, 0.1) is 0 Å². The van der Waals surface area contributed by atoms with Crippen LogP contribution in [0.25, 0.3) is 11.3 Å². The fourth-order valence-corrected chi connectivity index (χ4v) is 2.42. The molecule has 0 aliphatic rings. The number of hydrogen-bond donors (Lipinski definition) is 0. The predicted octanol–water partition coefficient (Wildman–Crippen LogP) is 5.19. The molecule has 0 saturated carbocycles. The molecule has 0 fully saturated rings. The minimum absolute atomic E-state index is 0.0333. The highest BCUT2D eigenvalue weighted by Gasteiger charge is 2.33. The van der Waals surface area contributed by atoms with E-state index in [9.17, 15) is 13.2 Å². The molecule has 106 valence electrons. The van der Waals surface area contributed by atoms with Crippen LogP contribution in [-0.2, 0) is 6.18 Å². The summed E-state index contributed by atoms with van der Waals surface area (Å²) in [7, 11) is 0. The number of thioether (sulfide) groups is 1. The molecule has 0 atom stereocenters. The predicted molar refractivity (Wildman–Crippen MR) is 74.3 cm³/mol. The van der Waals surface area contributed by atoms with Crippen LogP contribution in [0.3, 0.4) is 0 Å². The normalized spacial score (nSPS) is 11.7. The number of alkyl halides is 3. The summed E-state index contributed by atoms with van der Waals surface area (Å²) in [5, 5.41) is 0.682. The van der Waals surface area contributed by atoms with Crippen LogP contribution in [-0.4, -0.2) is 16.2 Å². The van der Waals surface area contributed by atoms with Gasteiger partial charge in [0, 0.05) is 15.6 Å². The first kappa shape index (κ1) is 15.4. The van der Waals surface area contributed by atoms with Gasteiger partial charge in [-0.05, 0) is 30.5 Å². The Morgan fingerprint density at radius 3 is 2.10 bits per heavy atom. The standard InChI is InChI=1S/C12H7Cl2F3N2S/c1-20-11-18-9(5-10(19-11)12(15,16)17)6-2-7(13)4-8(14)3-6/h2-5H,1H3. The first-order chi connectivity index (χ1) is 9.29. The van der Waals surface area contributed by atoms with Gasteiger partial charge in [-0.1, -0.05) is 35.0 Å². The molecule has 2 nitrogen and oxygen atoms in total. The molecule has 1 aromatic heterocycles. The average molecular weight is 339 g/mol. The van der Waals surface area contributed by atoms with Crippen molar-refractivity contribution in [2.75, 3.05) is 6.26 Å². The summed E-state index contributed by atoms with van der Waals surface area (Å²) >= 11 is 12.7. The third kappa shape index (κ3) is 3.56. The van der Waals surface area contributed by atoms with Gasteiger partial charge in [0.15, 0.2) is 5.16 Å². The summed E-state index contributed by atoms with van der Waals surface area (Å²) in [6.45, 7) is 0. The largest absolute Gasteiger partial charge is 0.433 e. The monoisotopic (exact) mass is 338 g/mol. The second-order valence-corrected chi connectivity index (χ2v) is 5.43. The molecule has 1 heterocycles. The van der Waals surface area contributed by atoms with Gasteiger partial charge in [-0.2, -0.15) is 13.2 Å². The molecule has 0 aliphatic carbocycles. The summed E-state index contributed by atoms with van der Waals surface area (Å²) < 4.78 is 38.4. The lowest BCUT2D eigenvalue weighted by Gasteiger charge is -2.10. The number of hydrogen-bond acceptors (Lipinski definition) is 3. The van der Waals surface area contributed by atoms with Crippen molar-refractivity contribution in [3.63, 3.8) is 0 Å². The van der Waals surface area contributed by atoms with Gasteiger partial charge in [0.05, 0.1) is 5.69 Å². The SMILES string of the molecule is CSc1nc(-c2cc(Cl)cc(Cl)c2)cc(C(F)(F)F)n1. The number of benzene rings is 1. The molecule has 0 bridgehead atoms. The highest BCUT2D eigenvalue weighted by Crippen LogP contribution is 2.33. The number of nitrogens with zero attached hydrogens (tertiary/aromatic N) is 2. The van der Waals surface area contributed by atoms with Crippen molar-refractivity contribution in [1.82, 2.24) is 9.97 Å². The maximum absolute atomic E-state index is 12.8. The minimum atomic E-state index is -4.54. The molecule has 8 heteroatoms. The molecule has 0 unspecified atom stereocenters. The first-order valence-electron chi connectivity index (χ1n) is 5.26. The summed E-state index contributed by atoms with van der Waals surface area (Å²) in [5.74, 6) is 0. The van der Waals surface area contributed by atoms with E-state index in [0.717, 1.165) is 17.8 Å². The van der Waals surface area contributed by atoms with E-state index in [-0.39, 0.29) is 10.9 Å². The summed E-state index contributed by atoms with van der Waals surface area (Å²) in [6, 6.07) is 5.37. The maximum atomic E-state index is 12.8. The minimum Gasteiger partial charge on any atom is -0.222 e. The average Bonchev–Trinajstić information content (AvgIpc) is 2.36. The fraction of sp³-hybridized carbons (Fsp3) is 0.167. The van der Waals surface area contributed by atoms with E-state index in [1.807, 2.05) is 0 Å². The molecule has 0 saturated heterocycles. The lowest BCUT2D eigenvalue weighted by atomic mass is 10.1. The second kappa shape index (κ2) is 5.79. The zero-order chi connectivity index (χ0) is 14.9. The Hall–Kier alpha value is -0.980. The molecule has 0 N–H and O–H groups in total. The van der Waals surface area contributed by atoms with E-state index in [1.165, 1.54) is 18.2 Å². The zero-order valence-corrected chi connectivity index (χ0v) is 12.3. The van der Waals surface area contributed by atoms with Crippen LogP contribution in [0.4, 0.5) is 13.2 Å². The van der Waals surface area contributed by atoms with E-state index >= 15 is 0 Å². The molecular weight excluding hydrogens is 332 g/mol. The topological polar surface area (TPSA) is 25.8 Å². The van der Waals surface area contributed by atoms with E-state index in [0.29, 0.717) is 15.6 Å². The molecular formula is C12H7Cl2F3N2S. The van der Waals surface area contributed by atoms with Crippen LogP contribution in [0.2, 0.25) is 10.0 Å². The Bertz CT molecular complexity index is 627. The van der Waals surface area contributed by atoms with Crippen molar-refractivity contribution in [2.24, 2.45) is 0 Å². The highest BCUT2D eigenvalue weighted by atomic mass is 35.5. The lowest BCUT2D eigenvalue weighted by Crippen LogP contribution is -2.10. The highest BCUT2D eigenvalue weighted by molar-refractivity contribution is 7.98. The van der Waals surface area contributed by atoms with E-state index in [4.69, 9.17) is 23.2 Å². The number of rotatable bonds is 2. The van der Waals surface area contributed by atoms with E-state index < -0.39 is 11.9 Å². The van der Waals surface area contributed by atoms with Gasteiger partial charge >= 0.3 is 6.18 Å². The summed E-state index contributed by atoms with van der Waals surface area (Å²) in [6.07, 6.45) is -2.94. The quantitative estimate of drug-likeness (QED) is 0.556. The van der Waals surface area contributed by atoms with Crippen molar-refractivity contribution in [3.05, 3.63) is 40.0 Å². The summed E-state index contributed by atoms with van der Waals surface area (Å²) in [4.78, 5) is 7.51. The smallest absolute Gasteiger partial charge is 0.222 e. The third-order valence-electron chi connectivity index (χ3n) is 2.34. The van der Waals surface area contributed by atoms with Crippen LogP contribution in [0.1, 0.15) is 5.69 Å². The molecule has 0 amide bonds. The third-order valence-corrected chi connectivity index (χ3v) is 3.32. The fourth-order valence-electron chi connectivity index (χ4n) is 1.51. The van der Waals surface area contributed by atoms with Crippen LogP contribution >= 0.6 is 35.0 Å². The molecule has 2 rings (SSSR count). The Morgan fingerprint density at radius 2 is 1.60 bits per heavy atom. The summed E-state index contributed by atoms with van der Waals surface area (Å²) in [5.41, 5.74) is -0.463. The van der Waals surface area contributed by atoms with Crippen molar-refractivity contribution in [2.45, 2.75) is 11.3 Å². The Balaban J connectivity index is 2.61. The molecule has 2 aromatic rings. The number of halogens is 5. The van der Waals surface area contributed by atoms with Crippen molar-refractivity contribution >= 4 is 35.0 Å². The van der Waals surface area contributed by atoms with Gasteiger partial charge in [0.1, 0.15) is 5.69 Å². The Labute approximate surface area is 127 Å². The maximum Gasteiger partial charge on any atom is 0.433 e. The van der Waals surface area contributed by atoms with Crippen molar-refractivity contribution in [1.29, 1.82) is 0 Å². The van der Waals surface area contributed by atoms with E-state index in [1.54, 1.807) is 6.26 Å². The molecule has 0 aliphatic heterocycles. The lowest BCUT2D eigenvalue weighted by molar-refractivity contribution is -0.141. The van der Waals surface area contributed by atoms with Crippen molar-refractivity contribution < 1.29 is 13.2 Å². The van der Waals surface area contributed by atoms with Crippen LogP contribution in [0.15, 0.2) is 29.4 Å². The Morgan fingerprint density at radius 1 is 1.00 bits per heavy atom. The van der Waals surface area contributed by atoms with E-state index in [2.05, 4.69) is 9.97 Å². The van der Waals surface area contributed by atoms with Gasteiger partial charge in [-0.15, -0.1) is 0 Å². The molecule has 0 spiro atoms. The Kier molecular flexibility index (Phi) is 4.46. The van der Waals surface area contributed by atoms with Gasteiger partial charge in [0.25, 0.3) is 0 Å². The van der Waals surface area contributed by atoms with Crippen molar-refractivity contribution in [3.8, 4) is 11.3 Å². The van der Waals surface area contributed by atoms with Gasteiger partial charge < -0.3 is 0 Å². The van der Waals surface area contributed by atoms with Gasteiger partial charge in [0.2, 0.25) is 0 Å².